The number of hydrogen-bond acceptors (Lipinski definition) is 4. The van der Waals surface area contributed by atoms with Gasteiger partial charge in [0.1, 0.15) is 17.0 Å². The predicted molar refractivity (Wildman–Crippen MR) is 86.6 cm³/mol. The van der Waals surface area contributed by atoms with Gasteiger partial charge in [0.15, 0.2) is 0 Å². The molecule has 20 heavy (non-hydrogen) atoms. The molecule has 0 radical (unpaired) electrons. The van der Waals surface area contributed by atoms with E-state index in [2.05, 4.69) is 34.1 Å². The summed E-state index contributed by atoms with van der Waals surface area (Å²) in [5.74, 6) is 2.08. The highest BCUT2D eigenvalue weighted by Gasteiger charge is 2.22. The van der Waals surface area contributed by atoms with Gasteiger partial charge < -0.3 is 4.90 Å². The Labute approximate surface area is 125 Å². The normalized spacial score (nSPS) is 17.0. The van der Waals surface area contributed by atoms with E-state index in [4.69, 9.17) is 0 Å². The molecule has 0 N–H and O–H groups in total. The van der Waals surface area contributed by atoms with Crippen LogP contribution in [0.4, 0.5) is 5.82 Å². The van der Waals surface area contributed by atoms with E-state index in [0.717, 1.165) is 29.7 Å². The molecule has 3 heterocycles. The summed E-state index contributed by atoms with van der Waals surface area (Å²) in [6, 6.07) is 0. The van der Waals surface area contributed by atoms with Gasteiger partial charge in [0.05, 0.1) is 5.39 Å². The van der Waals surface area contributed by atoms with Crippen LogP contribution in [0.1, 0.15) is 44.6 Å². The fourth-order valence-corrected chi connectivity index (χ4v) is 4.05. The maximum atomic E-state index is 4.57. The maximum Gasteiger partial charge on any atom is 0.141 e. The number of rotatable bonds is 4. The fraction of sp³-hybridized carbons (Fsp3) is 0.625. The summed E-state index contributed by atoms with van der Waals surface area (Å²) in [5, 5.41) is 3.46. The minimum atomic E-state index is 0.923. The van der Waals surface area contributed by atoms with E-state index in [-0.39, 0.29) is 0 Å². The van der Waals surface area contributed by atoms with Crippen molar-refractivity contribution < 1.29 is 0 Å². The third-order valence-electron chi connectivity index (χ3n) is 4.41. The van der Waals surface area contributed by atoms with E-state index in [9.17, 15) is 0 Å². The zero-order valence-electron chi connectivity index (χ0n) is 12.4. The van der Waals surface area contributed by atoms with Crippen LogP contribution in [0.15, 0.2) is 11.7 Å². The molecule has 0 bridgehead atoms. The van der Waals surface area contributed by atoms with Crippen LogP contribution in [0.2, 0.25) is 0 Å². The van der Waals surface area contributed by atoms with Crippen molar-refractivity contribution in [1.82, 2.24) is 9.97 Å². The topological polar surface area (TPSA) is 29.0 Å². The Morgan fingerprint density at radius 3 is 2.85 bits per heavy atom. The first kappa shape index (κ1) is 13.8. The van der Waals surface area contributed by atoms with Crippen LogP contribution in [-0.4, -0.2) is 23.1 Å². The quantitative estimate of drug-likeness (QED) is 0.835. The minimum absolute atomic E-state index is 0.923. The van der Waals surface area contributed by atoms with Crippen LogP contribution in [0, 0.1) is 12.8 Å². The molecular weight excluding hydrogens is 266 g/mol. The number of nitrogens with zero attached hydrogens (tertiary/aromatic N) is 3. The Morgan fingerprint density at radius 1 is 1.30 bits per heavy atom. The number of piperidine rings is 1. The number of unbranched alkanes of at least 4 members (excludes halogenated alkanes) is 1. The lowest BCUT2D eigenvalue weighted by Gasteiger charge is -2.33. The number of anilines is 1. The Balaban J connectivity index is 1.75. The Hall–Kier alpha value is -1.16. The van der Waals surface area contributed by atoms with Crippen LogP contribution in [0.3, 0.4) is 0 Å². The van der Waals surface area contributed by atoms with Gasteiger partial charge in [-0.2, -0.15) is 0 Å². The number of aryl methyl sites for hydroxylation is 1. The van der Waals surface area contributed by atoms with Crippen molar-refractivity contribution in [3.63, 3.8) is 0 Å². The van der Waals surface area contributed by atoms with Crippen LogP contribution in [0.25, 0.3) is 10.2 Å². The summed E-state index contributed by atoms with van der Waals surface area (Å²) in [6.45, 7) is 6.75. The van der Waals surface area contributed by atoms with E-state index >= 15 is 0 Å². The molecule has 1 aliphatic heterocycles. The second kappa shape index (κ2) is 6.08. The van der Waals surface area contributed by atoms with Crippen LogP contribution >= 0.6 is 11.3 Å². The molecule has 108 valence electrons. The zero-order valence-corrected chi connectivity index (χ0v) is 13.2. The average Bonchev–Trinajstić information content (AvgIpc) is 2.87. The summed E-state index contributed by atoms with van der Waals surface area (Å²) >= 11 is 1.73. The van der Waals surface area contributed by atoms with Crippen LogP contribution < -0.4 is 4.90 Å². The van der Waals surface area contributed by atoms with Gasteiger partial charge in [-0.25, -0.2) is 9.97 Å². The lowest BCUT2D eigenvalue weighted by molar-refractivity contribution is 0.371. The minimum Gasteiger partial charge on any atom is -0.356 e. The van der Waals surface area contributed by atoms with E-state index in [1.165, 1.54) is 43.1 Å². The van der Waals surface area contributed by atoms with E-state index in [1.54, 1.807) is 17.7 Å². The van der Waals surface area contributed by atoms with Gasteiger partial charge in [0, 0.05) is 13.1 Å². The van der Waals surface area contributed by atoms with Gasteiger partial charge in [-0.15, -0.1) is 11.3 Å². The predicted octanol–water partition coefficient (Wildman–Crippen LogP) is 4.41. The second-order valence-corrected chi connectivity index (χ2v) is 6.73. The Morgan fingerprint density at radius 2 is 2.10 bits per heavy atom. The number of aromatic nitrogens is 2. The third-order valence-corrected chi connectivity index (χ3v) is 5.42. The molecule has 1 fully saturated rings. The molecule has 1 saturated heterocycles. The number of thiophene rings is 1. The molecule has 3 rings (SSSR count). The molecule has 0 aromatic carbocycles. The molecule has 0 amide bonds. The van der Waals surface area contributed by atoms with Gasteiger partial charge in [-0.3, -0.25) is 0 Å². The van der Waals surface area contributed by atoms with Crippen molar-refractivity contribution in [3.8, 4) is 0 Å². The standard InChI is InChI=1S/C16H23N3S/c1-3-4-5-13-6-8-19(9-7-13)15-14-12(2)10-20-16(14)18-11-17-15/h10-11,13H,3-9H2,1-2H3. The first-order valence-corrected chi connectivity index (χ1v) is 8.61. The summed E-state index contributed by atoms with van der Waals surface area (Å²) in [7, 11) is 0. The van der Waals surface area contributed by atoms with Crippen LogP contribution in [-0.2, 0) is 0 Å². The van der Waals surface area contributed by atoms with Crippen molar-refractivity contribution in [2.45, 2.75) is 46.0 Å². The monoisotopic (exact) mass is 289 g/mol. The summed E-state index contributed by atoms with van der Waals surface area (Å²) in [5.41, 5.74) is 1.31. The van der Waals surface area contributed by atoms with Gasteiger partial charge >= 0.3 is 0 Å². The highest BCUT2D eigenvalue weighted by molar-refractivity contribution is 7.17. The van der Waals surface area contributed by atoms with Crippen molar-refractivity contribution in [2.75, 3.05) is 18.0 Å². The highest BCUT2D eigenvalue weighted by Crippen LogP contribution is 2.33. The van der Waals surface area contributed by atoms with Crippen molar-refractivity contribution in [3.05, 3.63) is 17.3 Å². The molecule has 4 heteroatoms. The maximum absolute atomic E-state index is 4.57. The number of hydrogen-bond donors (Lipinski definition) is 0. The highest BCUT2D eigenvalue weighted by atomic mass is 32.1. The molecule has 2 aromatic rings. The average molecular weight is 289 g/mol. The van der Waals surface area contributed by atoms with Crippen LogP contribution in [0.5, 0.6) is 0 Å². The van der Waals surface area contributed by atoms with Crippen molar-refractivity contribution in [2.24, 2.45) is 5.92 Å². The fourth-order valence-electron chi connectivity index (χ4n) is 3.16. The summed E-state index contributed by atoms with van der Waals surface area (Å²) in [4.78, 5) is 12.6. The Kier molecular flexibility index (Phi) is 4.20. The van der Waals surface area contributed by atoms with E-state index in [1.807, 2.05) is 0 Å². The number of fused-ring (bicyclic) bond motifs is 1. The first-order chi connectivity index (χ1) is 9.79. The SMILES string of the molecule is CCCCC1CCN(c2ncnc3scc(C)c23)CC1. The largest absolute Gasteiger partial charge is 0.356 e. The summed E-state index contributed by atoms with van der Waals surface area (Å²) < 4.78 is 0. The Bertz CT molecular complexity index is 570. The molecule has 0 spiro atoms. The van der Waals surface area contributed by atoms with Gasteiger partial charge in [-0.05, 0) is 36.6 Å². The van der Waals surface area contributed by atoms with E-state index in [0.29, 0.717) is 0 Å². The smallest absolute Gasteiger partial charge is 0.141 e. The van der Waals surface area contributed by atoms with E-state index < -0.39 is 0 Å². The molecule has 3 nitrogen and oxygen atoms in total. The molecule has 0 unspecified atom stereocenters. The van der Waals surface area contributed by atoms with Gasteiger partial charge in [-0.1, -0.05) is 26.2 Å². The molecule has 2 aromatic heterocycles. The zero-order chi connectivity index (χ0) is 13.9. The molecule has 1 aliphatic rings. The lowest BCUT2D eigenvalue weighted by atomic mass is 9.91. The molecule has 0 aliphatic carbocycles. The van der Waals surface area contributed by atoms with Crippen molar-refractivity contribution >= 4 is 27.4 Å². The first-order valence-electron chi connectivity index (χ1n) is 7.73. The molecule has 0 saturated carbocycles. The van der Waals surface area contributed by atoms with Gasteiger partial charge in [0.25, 0.3) is 0 Å². The van der Waals surface area contributed by atoms with Crippen molar-refractivity contribution in [1.29, 1.82) is 0 Å². The molecular formula is C16H23N3S. The summed E-state index contributed by atoms with van der Waals surface area (Å²) in [6.07, 6.45) is 8.45. The van der Waals surface area contributed by atoms with Gasteiger partial charge in [0.2, 0.25) is 0 Å². The third kappa shape index (κ3) is 2.66. The molecule has 0 atom stereocenters. The second-order valence-electron chi connectivity index (χ2n) is 5.87. The lowest BCUT2D eigenvalue weighted by Crippen LogP contribution is -2.34.